The number of carbonyl (C=O) groups is 1. The Morgan fingerprint density at radius 1 is 1.33 bits per heavy atom. The number of aliphatic hydroxyl groups excluding tert-OH is 2. The molecule has 0 saturated carbocycles. The first kappa shape index (κ1) is 19.6. The summed E-state index contributed by atoms with van der Waals surface area (Å²) in [4.78, 5) is 24.9. The second kappa shape index (κ2) is 8.26. The van der Waals surface area contributed by atoms with E-state index in [2.05, 4.69) is 19.7 Å². The van der Waals surface area contributed by atoms with Crippen molar-refractivity contribution in [2.45, 2.75) is 51.2 Å². The topological polar surface area (TPSA) is 129 Å². The molecule has 4 atom stereocenters. The number of aryl methyl sites for hydroxylation is 2. The monoisotopic (exact) mass is 380 g/mol. The number of methoxy groups -OCH3 is 1. The summed E-state index contributed by atoms with van der Waals surface area (Å²) in [5.74, 6) is 0.0955. The fourth-order valence-corrected chi connectivity index (χ4v) is 3.11. The van der Waals surface area contributed by atoms with Gasteiger partial charge in [0, 0.05) is 6.42 Å². The average Bonchev–Trinajstić information content (AvgIpc) is 3.25. The van der Waals surface area contributed by atoms with E-state index in [1.807, 2.05) is 13.8 Å². The lowest BCUT2D eigenvalue weighted by molar-refractivity contribution is -0.152. The first-order valence-corrected chi connectivity index (χ1v) is 8.89. The summed E-state index contributed by atoms with van der Waals surface area (Å²) in [6.07, 6.45) is -0.792. The summed E-state index contributed by atoms with van der Waals surface area (Å²) in [5.41, 5.74) is 2.02. The molecule has 1 fully saturated rings. The highest BCUT2D eigenvalue weighted by atomic mass is 16.6. The first-order valence-electron chi connectivity index (χ1n) is 8.89. The molecule has 148 valence electrons. The highest BCUT2D eigenvalue weighted by Gasteiger charge is 2.46. The zero-order valence-electron chi connectivity index (χ0n) is 15.5. The molecule has 1 aliphatic heterocycles. The normalized spacial score (nSPS) is 25.2. The predicted octanol–water partition coefficient (Wildman–Crippen LogP) is -0.240. The SMILES string of the molecule is CCc1nc(CC)c2ncn([C@@H]3O[C@H](CO)C(O)[C@@H]3OCC(=O)OC)c2n1. The number of imidazole rings is 1. The van der Waals surface area contributed by atoms with E-state index in [4.69, 9.17) is 9.47 Å². The Labute approximate surface area is 156 Å². The van der Waals surface area contributed by atoms with E-state index >= 15 is 0 Å². The number of aromatic nitrogens is 4. The molecule has 1 unspecified atom stereocenters. The number of ether oxygens (including phenoxy) is 3. The van der Waals surface area contributed by atoms with Crippen molar-refractivity contribution < 1.29 is 29.2 Å². The molecule has 2 aromatic heterocycles. The van der Waals surface area contributed by atoms with E-state index < -0.39 is 37.1 Å². The van der Waals surface area contributed by atoms with Gasteiger partial charge in [0.05, 0.1) is 25.7 Å². The van der Waals surface area contributed by atoms with Crippen molar-refractivity contribution in [2.75, 3.05) is 20.3 Å². The molecule has 0 bridgehead atoms. The van der Waals surface area contributed by atoms with Gasteiger partial charge < -0.3 is 24.4 Å². The maximum absolute atomic E-state index is 11.4. The Morgan fingerprint density at radius 3 is 2.74 bits per heavy atom. The zero-order chi connectivity index (χ0) is 19.6. The molecule has 10 nitrogen and oxygen atoms in total. The van der Waals surface area contributed by atoms with E-state index in [1.165, 1.54) is 7.11 Å². The van der Waals surface area contributed by atoms with E-state index in [1.54, 1.807) is 10.9 Å². The Morgan fingerprint density at radius 2 is 2.11 bits per heavy atom. The van der Waals surface area contributed by atoms with Gasteiger partial charge in [-0.25, -0.2) is 19.7 Å². The number of carbonyl (C=O) groups excluding carboxylic acids is 1. The van der Waals surface area contributed by atoms with Gasteiger partial charge in [-0.05, 0) is 6.42 Å². The van der Waals surface area contributed by atoms with Gasteiger partial charge in [0.2, 0.25) is 0 Å². The maximum Gasteiger partial charge on any atom is 0.331 e. The van der Waals surface area contributed by atoms with E-state index in [0.717, 1.165) is 5.69 Å². The van der Waals surface area contributed by atoms with E-state index in [0.29, 0.717) is 29.8 Å². The number of hydrogen-bond donors (Lipinski definition) is 2. The number of esters is 1. The third-order valence-corrected chi connectivity index (χ3v) is 4.58. The lowest BCUT2D eigenvalue weighted by atomic mass is 10.1. The molecule has 10 heteroatoms. The number of rotatable bonds is 7. The maximum atomic E-state index is 11.4. The van der Waals surface area contributed by atoms with Gasteiger partial charge in [-0.3, -0.25) is 4.57 Å². The summed E-state index contributed by atoms with van der Waals surface area (Å²) in [6.45, 7) is 3.21. The minimum Gasteiger partial charge on any atom is -0.467 e. The minimum absolute atomic E-state index is 0.349. The summed E-state index contributed by atoms with van der Waals surface area (Å²) in [7, 11) is 1.25. The van der Waals surface area contributed by atoms with Gasteiger partial charge in [0.1, 0.15) is 36.3 Å². The van der Waals surface area contributed by atoms with Crippen LogP contribution in [0.1, 0.15) is 31.6 Å². The van der Waals surface area contributed by atoms with Gasteiger partial charge in [-0.1, -0.05) is 13.8 Å². The van der Waals surface area contributed by atoms with Crippen molar-refractivity contribution in [1.29, 1.82) is 0 Å². The third-order valence-electron chi connectivity index (χ3n) is 4.58. The van der Waals surface area contributed by atoms with Gasteiger partial charge in [-0.2, -0.15) is 0 Å². The first-order chi connectivity index (χ1) is 13.0. The van der Waals surface area contributed by atoms with Crippen LogP contribution in [0.5, 0.6) is 0 Å². The lowest BCUT2D eigenvalue weighted by Gasteiger charge is -2.21. The minimum atomic E-state index is -1.12. The third kappa shape index (κ3) is 3.65. The molecular weight excluding hydrogens is 356 g/mol. The zero-order valence-corrected chi connectivity index (χ0v) is 15.5. The van der Waals surface area contributed by atoms with Crippen LogP contribution in [0, 0.1) is 0 Å². The highest BCUT2D eigenvalue weighted by molar-refractivity contribution is 5.73. The number of aliphatic hydroxyl groups is 2. The highest BCUT2D eigenvalue weighted by Crippen LogP contribution is 2.33. The quantitative estimate of drug-likeness (QED) is 0.625. The molecule has 0 radical (unpaired) electrons. The molecular formula is C17H24N4O6. The fourth-order valence-electron chi connectivity index (χ4n) is 3.11. The second-order valence-corrected chi connectivity index (χ2v) is 6.21. The van der Waals surface area contributed by atoms with Gasteiger partial charge >= 0.3 is 5.97 Å². The van der Waals surface area contributed by atoms with Crippen LogP contribution in [-0.2, 0) is 31.8 Å². The van der Waals surface area contributed by atoms with Crippen LogP contribution in [0.3, 0.4) is 0 Å². The van der Waals surface area contributed by atoms with Crippen molar-refractivity contribution in [2.24, 2.45) is 0 Å². The summed E-state index contributed by atoms with van der Waals surface area (Å²) >= 11 is 0. The predicted molar refractivity (Wildman–Crippen MR) is 92.8 cm³/mol. The molecule has 0 aromatic carbocycles. The van der Waals surface area contributed by atoms with E-state index in [-0.39, 0.29) is 6.61 Å². The average molecular weight is 380 g/mol. The Kier molecular flexibility index (Phi) is 6.00. The Bertz CT molecular complexity index is 810. The van der Waals surface area contributed by atoms with Gasteiger partial charge in [0.25, 0.3) is 0 Å². The van der Waals surface area contributed by atoms with Crippen molar-refractivity contribution in [3.8, 4) is 0 Å². The Balaban J connectivity index is 2.00. The molecule has 3 heterocycles. The van der Waals surface area contributed by atoms with Crippen LogP contribution in [0.15, 0.2) is 6.33 Å². The van der Waals surface area contributed by atoms with Crippen LogP contribution in [0.2, 0.25) is 0 Å². The molecule has 0 aliphatic carbocycles. The molecule has 1 saturated heterocycles. The standard InChI is InChI=1S/C17H24N4O6/c1-4-9-13-16(20-11(5-2)19-9)21(8-18-13)17-15(26-7-12(23)25-3)14(24)10(6-22)27-17/h8,10,14-15,17,22,24H,4-7H2,1-3H3/t10-,14?,15+,17-/m1/s1. The largest absolute Gasteiger partial charge is 0.467 e. The molecule has 2 N–H and O–H groups in total. The number of hydrogen-bond acceptors (Lipinski definition) is 9. The van der Waals surface area contributed by atoms with Crippen LogP contribution < -0.4 is 0 Å². The van der Waals surface area contributed by atoms with Crippen molar-refractivity contribution >= 4 is 17.1 Å². The molecule has 2 aromatic rings. The summed E-state index contributed by atoms with van der Waals surface area (Å²) in [5, 5.41) is 19.9. The number of nitrogens with zero attached hydrogens (tertiary/aromatic N) is 4. The summed E-state index contributed by atoms with van der Waals surface area (Å²) in [6, 6.07) is 0. The molecule has 0 spiro atoms. The van der Waals surface area contributed by atoms with Crippen molar-refractivity contribution in [3.05, 3.63) is 17.8 Å². The lowest BCUT2D eigenvalue weighted by Crippen LogP contribution is -2.36. The molecule has 1 aliphatic rings. The van der Waals surface area contributed by atoms with E-state index in [9.17, 15) is 15.0 Å². The fraction of sp³-hybridized carbons (Fsp3) is 0.647. The van der Waals surface area contributed by atoms with Crippen LogP contribution in [0.4, 0.5) is 0 Å². The second-order valence-electron chi connectivity index (χ2n) is 6.21. The van der Waals surface area contributed by atoms with Crippen LogP contribution in [-0.4, -0.2) is 74.3 Å². The van der Waals surface area contributed by atoms with Crippen molar-refractivity contribution in [1.82, 2.24) is 19.5 Å². The molecule has 0 amide bonds. The smallest absolute Gasteiger partial charge is 0.331 e. The van der Waals surface area contributed by atoms with Gasteiger partial charge in [-0.15, -0.1) is 0 Å². The molecule has 3 rings (SSSR count). The van der Waals surface area contributed by atoms with Crippen LogP contribution in [0.25, 0.3) is 11.2 Å². The van der Waals surface area contributed by atoms with Gasteiger partial charge in [0.15, 0.2) is 11.9 Å². The summed E-state index contributed by atoms with van der Waals surface area (Å²) < 4.78 is 17.6. The molecule has 27 heavy (non-hydrogen) atoms. The van der Waals surface area contributed by atoms with Crippen LogP contribution >= 0.6 is 0 Å². The van der Waals surface area contributed by atoms with Crippen molar-refractivity contribution in [3.63, 3.8) is 0 Å². The number of fused-ring (bicyclic) bond motifs is 1. The Hall–Kier alpha value is -2.14.